The lowest BCUT2D eigenvalue weighted by molar-refractivity contribution is -0.147. The molecule has 1 fully saturated rings. The maximum Gasteiger partial charge on any atom is 0.316 e. The fourth-order valence-electron chi connectivity index (χ4n) is 3.18. The summed E-state index contributed by atoms with van der Waals surface area (Å²) in [7, 11) is 3.02. The second-order valence-corrected chi connectivity index (χ2v) is 6.61. The Balaban J connectivity index is 1.69. The van der Waals surface area contributed by atoms with E-state index < -0.39 is 17.7 Å². The first kappa shape index (κ1) is 20.2. The molecule has 8 nitrogen and oxygen atoms in total. The number of hydrogen-bond acceptors (Lipinski definition) is 5. The van der Waals surface area contributed by atoms with Crippen LogP contribution in [0.1, 0.15) is 5.56 Å². The number of rotatable bonds is 6. The zero-order valence-electron chi connectivity index (χ0n) is 16.6. The predicted molar refractivity (Wildman–Crippen MR) is 108 cm³/mol. The largest absolute Gasteiger partial charge is 0.495 e. The molecule has 0 atom stereocenters. The van der Waals surface area contributed by atoms with Crippen LogP contribution in [-0.2, 0) is 14.4 Å². The Kier molecular flexibility index (Phi) is 6.01. The number of methoxy groups -OCH3 is 2. The minimum atomic E-state index is -0.727. The minimum absolute atomic E-state index is 0.221. The number of nitrogens with zero attached hydrogens (tertiary/aromatic N) is 2. The highest BCUT2D eigenvalue weighted by Gasteiger charge is 2.35. The van der Waals surface area contributed by atoms with Crippen LogP contribution in [0.5, 0.6) is 11.5 Å². The van der Waals surface area contributed by atoms with Crippen LogP contribution >= 0.6 is 0 Å². The Morgan fingerprint density at radius 3 is 2.45 bits per heavy atom. The first-order chi connectivity index (χ1) is 13.9. The normalized spacial score (nSPS) is 14.0. The van der Waals surface area contributed by atoms with E-state index in [1.165, 1.54) is 24.0 Å². The van der Waals surface area contributed by atoms with Gasteiger partial charge in [-0.1, -0.05) is 18.2 Å². The molecule has 1 heterocycles. The molecule has 0 unspecified atom stereocenters. The molecular weight excluding hydrogens is 374 g/mol. The van der Waals surface area contributed by atoms with Crippen molar-refractivity contribution < 1.29 is 23.9 Å². The summed E-state index contributed by atoms with van der Waals surface area (Å²) >= 11 is 0. The molecule has 0 aliphatic carbocycles. The molecule has 3 amide bonds. The molecule has 152 valence electrons. The van der Waals surface area contributed by atoms with Crippen molar-refractivity contribution in [1.82, 2.24) is 4.90 Å². The van der Waals surface area contributed by atoms with Gasteiger partial charge in [-0.3, -0.25) is 19.3 Å². The van der Waals surface area contributed by atoms with E-state index in [1.54, 1.807) is 36.4 Å². The Morgan fingerprint density at radius 2 is 1.72 bits per heavy atom. The zero-order valence-corrected chi connectivity index (χ0v) is 16.6. The molecule has 0 bridgehead atoms. The lowest BCUT2D eigenvalue weighted by Gasteiger charge is -2.34. The fourth-order valence-corrected chi connectivity index (χ4v) is 3.18. The van der Waals surface area contributed by atoms with E-state index in [4.69, 9.17) is 9.47 Å². The third-order valence-electron chi connectivity index (χ3n) is 4.65. The number of benzene rings is 2. The molecule has 2 aromatic carbocycles. The molecule has 1 saturated heterocycles. The summed E-state index contributed by atoms with van der Waals surface area (Å²) in [5.74, 6) is -0.795. The summed E-state index contributed by atoms with van der Waals surface area (Å²) in [6.45, 7) is 2.18. The number of hydrogen-bond donors (Lipinski definition) is 1. The molecule has 1 aliphatic heterocycles. The van der Waals surface area contributed by atoms with Gasteiger partial charge in [-0.2, -0.15) is 0 Å². The topological polar surface area (TPSA) is 88.2 Å². The van der Waals surface area contributed by atoms with Gasteiger partial charge < -0.3 is 19.7 Å². The number of nitrogens with one attached hydrogen (secondary N) is 1. The highest BCUT2D eigenvalue weighted by molar-refractivity contribution is 6.41. The van der Waals surface area contributed by atoms with Crippen molar-refractivity contribution >= 4 is 29.1 Å². The second kappa shape index (κ2) is 8.64. The lowest BCUT2D eigenvalue weighted by atomic mass is 10.1. The molecule has 0 radical (unpaired) electrons. The average Bonchev–Trinajstić information content (AvgIpc) is 2.72. The van der Waals surface area contributed by atoms with Crippen molar-refractivity contribution in [3.63, 3.8) is 0 Å². The van der Waals surface area contributed by atoms with E-state index in [2.05, 4.69) is 5.32 Å². The zero-order chi connectivity index (χ0) is 21.0. The van der Waals surface area contributed by atoms with Gasteiger partial charge in [-0.15, -0.1) is 0 Å². The van der Waals surface area contributed by atoms with Gasteiger partial charge >= 0.3 is 11.8 Å². The van der Waals surface area contributed by atoms with Gasteiger partial charge in [-0.05, 0) is 36.8 Å². The van der Waals surface area contributed by atoms with Crippen LogP contribution < -0.4 is 19.7 Å². The first-order valence-electron chi connectivity index (χ1n) is 9.13. The molecule has 8 heteroatoms. The number of anilines is 2. The lowest BCUT2D eigenvalue weighted by Crippen LogP contribution is -2.56. The van der Waals surface area contributed by atoms with Gasteiger partial charge in [0.05, 0.1) is 25.6 Å². The van der Waals surface area contributed by atoms with Crippen LogP contribution in [0.4, 0.5) is 11.4 Å². The maximum absolute atomic E-state index is 12.7. The van der Waals surface area contributed by atoms with Crippen molar-refractivity contribution in [2.24, 2.45) is 0 Å². The monoisotopic (exact) mass is 397 g/mol. The predicted octanol–water partition coefficient (Wildman–Crippen LogP) is 1.83. The highest BCUT2D eigenvalue weighted by Crippen LogP contribution is 2.30. The fraction of sp³-hybridized carbons (Fsp3) is 0.286. The van der Waals surface area contributed by atoms with Crippen molar-refractivity contribution in [2.45, 2.75) is 6.92 Å². The number of carbonyl (C=O) groups is 3. The number of carbonyl (C=O) groups excluding carboxylic acids is 3. The SMILES string of the molecule is COc1ccccc1NC(=O)CN1CCN(c2cc(C)ccc2OC)C(=O)C1=O. The van der Waals surface area contributed by atoms with Gasteiger partial charge in [0.1, 0.15) is 18.0 Å². The summed E-state index contributed by atoms with van der Waals surface area (Å²) in [6.07, 6.45) is 0. The number of ether oxygens (including phenoxy) is 2. The number of amides is 3. The van der Waals surface area contributed by atoms with Crippen molar-refractivity contribution in [3.05, 3.63) is 48.0 Å². The summed E-state index contributed by atoms with van der Waals surface area (Å²) in [5.41, 5.74) is 1.99. The summed E-state index contributed by atoms with van der Waals surface area (Å²) in [5, 5.41) is 2.71. The summed E-state index contributed by atoms with van der Waals surface area (Å²) in [4.78, 5) is 40.3. The standard InChI is InChI=1S/C21H23N3O5/c1-14-8-9-18(29-3)16(12-14)24-11-10-23(20(26)21(24)27)13-19(25)22-15-6-4-5-7-17(15)28-2/h4-9,12H,10-11,13H2,1-3H3,(H,22,25). The van der Waals surface area contributed by atoms with Crippen molar-refractivity contribution in [3.8, 4) is 11.5 Å². The Morgan fingerprint density at radius 1 is 1.00 bits per heavy atom. The van der Waals surface area contributed by atoms with E-state index >= 15 is 0 Å². The molecule has 0 saturated carbocycles. The Labute approximate surface area is 169 Å². The third kappa shape index (κ3) is 4.31. The minimum Gasteiger partial charge on any atom is -0.495 e. The van der Waals surface area contributed by atoms with Gasteiger partial charge in [0.15, 0.2) is 0 Å². The van der Waals surface area contributed by atoms with Gasteiger partial charge in [-0.25, -0.2) is 0 Å². The number of para-hydroxylation sites is 2. The number of piperazine rings is 1. The Hall–Kier alpha value is -3.55. The van der Waals surface area contributed by atoms with Crippen molar-refractivity contribution in [2.75, 3.05) is 44.1 Å². The van der Waals surface area contributed by atoms with Gasteiger partial charge in [0.25, 0.3) is 0 Å². The van der Waals surface area contributed by atoms with Crippen LogP contribution in [0.2, 0.25) is 0 Å². The smallest absolute Gasteiger partial charge is 0.316 e. The molecule has 1 aliphatic rings. The van der Waals surface area contributed by atoms with Crippen LogP contribution in [0.3, 0.4) is 0 Å². The maximum atomic E-state index is 12.7. The molecular formula is C21H23N3O5. The molecule has 3 rings (SSSR count). The Bertz CT molecular complexity index is 944. The summed E-state index contributed by atoms with van der Waals surface area (Å²) < 4.78 is 10.5. The molecule has 1 N–H and O–H groups in total. The van der Waals surface area contributed by atoms with E-state index in [-0.39, 0.29) is 19.6 Å². The molecule has 2 aromatic rings. The van der Waals surface area contributed by atoms with Gasteiger partial charge in [0.2, 0.25) is 5.91 Å². The highest BCUT2D eigenvalue weighted by atomic mass is 16.5. The summed E-state index contributed by atoms with van der Waals surface area (Å²) in [6, 6.07) is 12.4. The molecule has 29 heavy (non-hydrogen) atoms. The van der Waals surface area contributed by atoms with Crippen LogP contribution in [0.25, 0.3) is 0 Å². The van der Waals surface area contributed by atoms with E-state index in [9.17, 15) is 14.4 Å². The van der Waals surface area contributed by atoms with Gasteiger partial charge in [0, 0.05) is 13.1 Å². The second-order valence-electron chi connectivity index (χ2n) is 6.61. The quantitative estimate of drug-likeness (QED) is 0.752. The number of aryl methyl sites for hydroxylation is 1. The first-order valence-corrected chi connectivity index (χ1v) is 9.13. The average molecular weight is 397 g/mol. The van der Waals surface area contributed by atoms with E-state index in [0.29, 0.717) is 22.9 Å². The van der Waals surface area contributed by atoms with Crippen LogP contribution in [-0.4, -0.2) is 56.5 Å². The van der Waals surface area contributed by atoms with Crippen LogP contribution in [0, 0.1) is 6.92 Å². The molecule has 0 spiro atoms. The van der Waals surface area contributed by atoms with E-state index in [0.717, 1.165) is 5.56 Å². The van der Waals surface area contributed by atoms with Crippen molar-refractivity contribution in [1.29, 1.82) is 0 Å². The van der Waals surface area contributed by atoms with E-state index in [1.807, 2.05) is 13.0 Å². The molecule has 0 aromatic heterocycles. The van der Waals surface area contributed by atoms with Crippen LogP contribution in [0.15, 0.2) is 42.5 Å². The third-order valence-corrected chi connectivity index (χ3v) is 4.65.